The van der Waals surface area contributed by atoms with E-state index in [0.29, 0.717) is 12.1 Å². The van der Waals surface area contributed by atoms with E-state index in [1.165, 1.54) is 7.11 Å². The van der Waals surface area contributed by atoms with Crippen LogP contribution in [0.3, 0.4) is 0 Å². The molecule has 1 aromatic carbocycles. The summed E-state index contributed by atoms with van der Waals surface area (Å²) in [6.45, 7) is 2.77. The van der Waals surface area contributed by atoms with Gasteiger partial charge in [0.1, 0.15) is 0 Å². The Morgan fingerprint density at radius 1 is 1.29 bits per heavy atom. The van der Waals surface area contributed by atoms with Crippen molar-refractivity contribution in [1.82, 2.24) is 4.57 Å². The van der Waals surface area contributed by atoms with Gasteiger partial charge in [0.15, 0.2) is 0 Å². The van der Waals surface area contributed by atoms with Gasteiger partial charge in [0.25, 0.3) is 0 Å². The van der Waals surface area contributed by atoms with Crippen molar-refractivity contribution in [2.24, 2.45) is 0 Å². The number of aromatic nitrogens is 1. The highest BCUT2D eigenvalue weighted by Crippen LogP contribution is 2.19. The van der Waals surface area contributed by atoms with E-state index < -0.39 is 6.10 Å². The van der Waals surface area contributed by atoms with E-state index in [2.05, 4.69) is 11.7 Å². The molecular formula is C17H21NO3. The quantitative estimate of drug-likeness (QED) is 0.830. The summed E-state index contributed by atoms with van der Waals surface area (Å²) in [5.74, 6) is -0.326. The van der Waals surface area contributed by atoms with Gasteiger partial charge in [-0.3, -0.25) is 0 Å². The maximum atomic E-state index is 11.4. The van der Waals surface area contributed by atoms with Gasteiger partial charge in [-0.25, -0.2) is 4.79 Å². The summed E-state index contributed by atoms with van der Waals surface area (Å²) in [7, 11) is 1.37. The number of carbonyl (C=O) groups is 1. The Hall–Kier alpha value is -2.07. The molecule has 1 unspecified atom stereocenters. The van der Waals surface area contributed by atoms with Gasteiger partial charge in [0.05, 0.1) is 18.8 Å². The van der Waals surface area contributed by atoms with E-state index in [1.54, 1.807) is 12.1 Å². The number of methoxy groups -OCH3 is 1. The van der Waals surface area contributed by atoms with Crippen molar-refractivity contribution in [3.63, 3.8) is 0 Å². The van der Waals surface area contributed by atoms with Gasteiger partial charge in [0.2, 0.25) is 0 Å². The summed E-state index contributed by atoms with van der Waals surface area (Å²) in [5, 5.41) is 9.96. The molecule has 0 saturated heterocycles. The number of hydrogen-bond donors (Lipinski definition) is 1. The van der Waals surface area contributed by atoms with E-state index >= 15 is 0 Å². The minimum Gasteiger partial charge on any atom is -0.465 e. The Labute approximate surface area is 125 Å². The largest absolute Gasteiger partial charge is 0.465 e. The van der Waals surface area contributed by atoms with Crippen LogP contribution in [0.25, 0.3) is 0 Å². The zero-order valence-corrected chi connectivity index (χ0v) is 12.5. The van der Waals surface area contributed by atoms with Gasteiger partial charge in [-0.05, 0) is 35.7 Å². The summed E-state index contributed by atoms with van der Waals surface area (Å²) in [5.41, 5.74) is 2.59. The van der Waals surface area contributed by atoms with Crippen molar-refractivity contribution in [1.29, 1.82) is 0 Å². The van der Waals surface area contributed by atoms with E-state index in [0.717, 1.165) is 24.0 Å². The maximum absolute atomic E-state index is 11.4. The number of aliphatic hydroxyl groups is 1. The third-order valence-corrected chi connectivity index (χ3v) is 3.46. The first-order valence-electron chi connectivity index (χ1n) is 7.15. The summed E-state index contributed by atoms with van der Waals surface area (Å²) in [6, 6.07) is 9.29. The molecule has 0 spiro atoms. The molecular weight excluding hydrogens is 266 g/mol. The Balaban J connectivity index is 2.03. The van der Waals surface area contributed by atoms with Gasteiger partial charge in [-0.1, -0.05) is 25.5 Å². The van der Waals surface area contributed by atoms with Crippen LogP contribution in [0, 0.1) is 0 Å². The highest BCUT2D eigenvalue weighted by Gasteiger charge is 2.08. The molecule has 0 fully saturated rings. The van der Waals surface area contributed by atoms with E-state index in [9.17, 15) is 9.90 Å². The Morgan fingerprint density at radius 2 is 2.00 bits per heavy atom. The molecule has 2 rings (SSSR count). The molecule has 1 aromatic heterocycles. The van der Waals surface area contributed by atoms with Crippen LogP contribution in [0.2, 0.25) is 0 Å². The maximum Gasteiger partial charge on any atom is 0.337 e. The Kier molecular flexibility index (Phi) is 5.17. The monoisotopic (exact) mass is 287 g/mol. The number of carbonyl (C=O) groups excluding carboxylic acids is 1. The van der Waals surface area contributed by atoms with Crippen LogP contribution in [-0.2, 0) is 11.3 Å². The smallest absolute Gasteiger partial charge is 0.337 e. The minimum absolute atomic E-state index is 0.326. The average Bonchev–Trinajstić information content (AvgIpc) is 2.96. The van der Waals surface area contributed by atoms with Gasteiger partial charge in [-0.15, -0.1) is 0 Å². The molecule has 0 aliphatic rings. The normalized spacial score (nSPS) is 12.1. The molecule has 0 saturated carbocycles. The lowest BCUT2D eigenvalue weighted by Crippen LogP contribution is -2.02. The van der Waals surface area contributed by atoms with Gasteiger partial charge >= 0.3 is 5.97 Å². The molecule has 112 valence electrons. The fourth-order valence-electron chi connectivity index (χ4n) is 2.27. The molecule has 4 heteroatoms. The zero-order valence-electron chi connectivity index (χ0n) is 12.5. The lowest BCUT2D eigenvalue weighted by molar-refractivity contribution is 0.0600. The molecule has 21 heavy (non-hydrogen) atoms. The molecule has 0 aliphatic heterocycles. The average molecular weight is 287 g/mol. The minimum atomic E-state index is -0.391. The van der Waals surface area contributed by atoms with Gasteiger partial charge in [0, 0.05) is 18.9 Å². The van der Waals surface area contributed by atoms with Crippen molar-refractivity contribution in [3.05, 3.63) is 59.4 Å². The number of ether oxygens (including phenoxy) is 1. The first-order valence-corrected chi connectivity index (χ1v) is 7.15. The van der Waals surface area contributed by atoms with E-state index in [-0.39, 0.29) is 5.97 Å². The lowest BCUT2D eigenvalue weighted by atomic mass is 10.1. The van der Waals surface area contributed by atoms with Crippen molar-refractivity contribution < 1.29 is 14.6 Å². The topological polar surface area (TPSA) is 51.5 Å². The first kappa shape index (κ1) is 15.3. The lowest BCUT2D eigenvalue weighted by Gasteiger charge is -2.07. The third kappa shape index (κ3) is 3.95. The number of hydrogen-bond acceptors (Lipinski definition) is 3. The van der Waals surface area contributed by atoms with Crippen molar-refractivity contribution in [3.8, 4) is 0 Å². The van der Waals surface area contributed by atoms with E-state index in [4.69, 9.17) is 0 Å². The molecule has 1 heterocycles. The fourth-order valence-corrected chi connectivity index (χ4v) is 2.27. The molecule has 1 atom stereocenters. The molecule has 0 aliphatic carbocycles. The highest BCUT2D eigenvalue weighted by molar-refractivity contribution is 5.89. The number of rotatable bonds is 6. The Bertz CT molecular complexity index is 586. The number of nitrogens with zero attached hydrogens (tertiary/aromatic N) is 1. The molecule has 0 bridgehead atoms. The van der Waals surface area contributed by atoms with Gasteiger partial charge in [-0.2, -0.15) is 0 Å². The highest BCUT2D eigenvalue weighted by atomic mass is 16.5. The summed E-state index contributed by atoms with van der Waals surface area (Å²) < 4.78 is 6.70. The summed E-state index contributed by atoms with van der Waals surface area (Å²) >= 11 is 0. The van der Waals surface area contributed by atoms with Crippen LogP contribution in [0.5, 0.6) is 0 Å². The third-order valence-electron chi connectivity index (χ3n) is 3.46. The molecule has 2 aromatic rings. The van der Waals surface area contributed by atoms with Crippen LogP contribution in [0.15, 0.2) is 42.7 Å². The predicted octanol–water partition coefficient (Wildman–Crippen LogP) is 3.16. The molecule has 4 nitrogen and oxygen atoms in total. The van der Waals surface area contributed by atoms with Gasteiger partial charge < -0.3 is 14.4 Å². The van der Waals surface area contributed by atoms with Crippen LogP contribution in [-0.4, -0.2) is 22.8 Å². The molecule has 1 N–H and O–H groups in total. The van der Waals surface area contributed by atoms with Crippen LogP contribution in [0.4, 0.5) is 0 Å². The summed E-state index contributed by atoms with van der Waals surface area (Å²) in [6.07, 6.45) is 5.27. The predicted molar refractivity (Wildman–Crippen MR) is 81.2 cm³/mol. The number of esters is 1. The summed E-state index contributed by atoms with van der Waals surface area (Å²) in [4.78, 5) is 11.4. The van der Waals surface area contributed by atoms with Crippen molar-refractivity contribution >= 4 is 5.97 Å². The first-order chi connectivity index (χ1) is 10.1. The second-order valence-corrected chi connectivity index (χ2v) is 5.11. The van der Waals surface area contributed by atoms with Crippen molar-refractivity contribution in [2.75, 3.05) is 7.11 Å². The molecule has 0 radical (unpaired) electrons. The molecule has 0 amide bonds. The number of aliphatic hydroxyl groups excluding tert-OH is 1. The van der Waals surface area contributed by atoms with Crippen molar-refractivity contribution in [2.45, 2.75) is 32.4 Å². The van der Waals surface area contributed by atoms with Crippen LogP contribution < -0.4 is 0 Å². The van der Waals surface area contributed by atoms with Crippen LogP contribution >= 0.6 is 0 Å². The second kappa shape index (κ2) is 7.09. The second-order valence-electron chi connectivity index (χ2n) is 5.11. The van der Waals surface area contributed by atoms with E-state index in [1.807, 2.05) is 35.2 Å². The fraction of sp³-hybridized carbons (Fsp3) is 0.353. The van der Waals surface area contributed by atoms with Crippen LogP contribution in [0.1, 0.15) is 47.4 Å². The SMILES string of the molecule is CCCC(O)c1ccn(Cc2ccc(C(=O)OC)cc2)c1. The Morgan fingerprint density at radius 3 is 2.62 bits per heavy atom. The zero-order chi connectivity index (χ0) is 15.2. The number of benzene rings is 1. The standard InChI is InChI=1S/C17H21NO3/c1-3-4-16(19)15-9-10-18(12-15)11-13-5-7-14(8-6-13)17(20)21-2/h5-10,12,16,19H,3-4,11H2,1-2H3.